The summed E-state index contributed by atoms with van der Waals surface area (Å²) in [6, 6.07) is 7.71. The molecule has 1 heterocycles. The number of thiocarbonyl (C=S) groups is 1. The van der Waals surface area contributed by atoms with Crippen molar-refractivity contribution < 1.29 is 9.53 Å². The first-order valence-corrected chi connectivity index (χ1v) is 8.35. The zero-order valence-corrected chi connectivity index (χ0v) is 14.9. The molecule has 4 nitrogen and oxygen atoms in total. The first-order valence-electron chi connectivity index (χ1n) is 7.94. The minimum absolute atomic E-state index is 0.0720. The number of nitrogens with zero attached hydrogens (tertiary/aromatic N) is 1. The molecule has 0 radical (unpaired) electrons. The molecule has 0 bridgehead atoms. The van der Waals surface area contributed by atoms with Crippen molar-refractivity contribution in [3.05, 3.63) is 35.5 Å². The van der Waals surface area contributed by atoms with Gasteiger partial charge in [0.05, 0.1) is 6.61 Å². The zero-order valence-electron chi connectivity index (χ0n) is 14.1. The van der Waals surface area contributed by atoms with E-state index in [-0.39, 0.29) is 5.91 Å². The number of nitrogens with one attached hydrogen (secondary N) is 1. The van der Waals surface area contributed by atoms with E-state index in [1.54, 1.807) is 4.90 Å². The van der Waals surface area contributed by atoms with Crippen molar-refractivity contribution in [2.24, 2.45) is 11.8 Å². The second-order valence-corrected chi connectivity index (χ2v) is 6.96. The SMILES string of the molecule is CC(C)COc1cccc(/C=C2/NC(=S)N(CC(C)C)C2=O)c1. The first kappa shape index (κ1) is 17.5. The summed E-state index contributed by atoms with van der Waals surface area (Å²) < 4.78 is 5.72. The van der Waals surface area contributed by atoms with Gasteiger partial charge < -0.3 is 10.1 Å². The van der Waals surface area contributed by atoms with Gasteiger partial charge in [0.2, 0.25) is 0 Å². The molecular weight excluding hydrogens is 308 g/mol. The van der Waals surface area contributed by atoms with Gasteiger partial charge in [-0.3, -0.25) is 9.69 Å². The predicted molar refractivity (Wildman–Crippen MR) is 97.0 cm³/mol. The fourth-order valence-corrected chi connectivity index (χ4v) is 2.49. The van der Waals surface area contributed by atoms with Gasteiger partial charge in [-0.05, 0) is 47.8 Å². The van der Waals surface area contributed by atoms with E-state index in [0.29, 0.717) is 35.8 Å². The van der Waals surface area contributed by atoms with Crippen LogP contribution in [0.15, 0.2) is 30.0 Å². The Morgan fingerprint density at radius 1 is 1.26 bits per heavy atom. The molecule has 23 heavy (non-hydrogen) atoms. The molecule has 0 aromatic heterocycles. The largest absolute Gasteiger partial charge is 0.493 e. The van der Waals surface area contributed by atoms with E-state index in [4.69, 9.17) is 17.0 Å². The second kappa shape index (κ2) is 7.59. The van der Waals surface area contributed by atoms with Crippen molar-refractivity contribution in [2.45, 2.75) is 27.7 Å². The number of rotatable bonds is 6. The molecule has 1 saturated heterocycles. The molecule has 0 aliphatic carbocycles. The highest BCUT2D eigenvalue weighted by molar-refractivity contribution is 7.80. The van der Waals surface area contributed by atoms with Crippen LogP contribution in [0.1, 0.15) is 33.3 Å². The van der Waals surface area contributed by atoms with Crippen molar-refractivity contribution in [1.82, 2.24) is 10.2 Å². The van der Waals surface area contributed by atoms with Gasteiger partial charge in [0.15, 0.2) is 5.11 Å². The van der Waals surface area contributed by atoms with Crippen molar-refractivity contribution in [3.8, 4) is 5.75 Å². The van der Waals surface area contributed by atoms with Crippen LogP contribution < -0.4 is 10.1 Å². The summed E-state index contributed by atoms with van der Waals surface area (Å²) in [5.41, 5.74) is 1.42. The molecule has 0 atom stereocenters. The lowest BCUT2D eigenvalue weighted by Gasteiger charge is -2.15. The van der Waals surface area contributed by atoms with Crippen molar-refractivity contribution in [3.63, 3.8) is 0 Å². The first-order chi connectivity index (χ1) is 10.9. The van der Waals surface area contributed by atoms with Crippen LogP contribution in [0.3, 0.4) is 0 Å². The molecule has 1 aliphatic rings. The van der Waals surface area contributed by atoms with Gasteiger partial charge in [-0.2, -0.15) is 0 Å². The quantitative estimate of drug-likeness (QED) is 0.640. The third-order valence-electron chi connectivity index (χ3n) is 3.26. The number of hydrogen-bond acceptors (Lipinski definition) is 3. The smallest absolute Gasteiger partial charge is 0.276 e. The normalized spacial score (nSPS) is 16.6. The number of hydrogen-bond donors (Lipinski definition) is 1. The summed E-state index contributed by atoms with van der Waals surface area (Å²) in [4.78, 5) is 14.0. The molecule has 2 rings (SSSR count). The number of benzene rings is 1. The van der Waals surface area contributed by atoms with E-state index in [0.717, 1.165) is 11.3 Å². The summed E-state index contributed by atoms with van der Waals surface area (Å²) in [7, 11) is 0. The third-order valence-corrected chi connectivity index (χ3v) is 3.58. The molecule has 0 unspecified atom stereocenters. The third kappa shape index (κ3) is 4.79. The molecule has 1 amide bonds. The van der Waals surface area contributed by atoms with Crippen LogP contribution in [0, 0.1) is 11.8 Å². The van der Waals surface area contributed by atoms with E-state index in [1.165, 1.54) is 0 Å². The minimum Gasteiger partial charge on any atom is -0.493 e. The minimum atomic E-state index is -0.0720. The van der Waals surface area contributed by atoms with E-state index in [2.05, 4.69) is 33.0 Å². The summed E-state index contributed by atoms with van der Waals surface area (Å²) in [5.74, 6) is 1.57. The zero-order chi connectivity index (χ0) is 17.0. The lowest BCUT2D eigenvalue weighted by molar-refractivity contribution is -0.122. The Hall–Kier alpha value is -1.88. The number of ether oxygens (including phenoxy) is 1. The molecular formula is C18H24N2O2S. The molecule has 1 fully saturated rings. The molecule has 124 valence electrons. The molecule has 5 heteroatoms. The van der Waals surface area contributed by atoms with E-state index in [9.17, 15) is 4.79 Å². The summed E-state index contributed by atoms with van der Waals surface area (Å²) in [5, 5.41) is 3.48. The van der Waals surface area contributed by atoms with Crippen LogP contribution in [0.2, 0.25) is 0 Å². The van der Waals surface area contributed by atoms with Gasteiger partial charge in [0, 0.05) is 6.54 Å². The van der Waals surface area contributed by atoms with E-state index >= 15 is 0 Å². The van der Waals surface area contributed by atoms with Crippen LogP contribution in [0.25, 0.3) is 6.08 Å². The monoisotopic (exact) mass is 332 g/mol. The highest BCUT2D eigenvalue weighted by Gasteiger charge is 2.30. The molecule has 1 aromatic carbocycles. The number of carbonyl (C=O) groups excluding carboxylic acids is 1. The van der Waals surface area contributed by atoms with Crippen molar-refractivity contribution in [2.75, 3.05) is 13.2 Å². The van der Waals surface area contributed by atoms with Crippen LogP contribution in [0.5, 0.6) is 5.75 Å². The maximum absolute atomic E-state index is 12.4. The predicted octanol–water partition coefficient (Wildman–Crippen LogP) is 3.44. The maximum Gasteiger partial charge on any atom is 0.276 e. The molecule has 1 aromatic rings. The topological polar surface area (TPSA) is 41.6 Å². The average molecular weight is 332 g/mol. The maximum atomic E-state index is 12.4. The molecule has 0 spiro atoms. The van der Waals surface area contributed by atoms with Crippen LogP contribution in [-0.4, -0.2) is 29.1 Å². The van der Waals surface area contributed by atoms with Gasteiger partial charge in [0.1, 0.15) is 11.4 Å². The van der Waals surface area contributed by atoms with Crippen LogP contribution in [0.4, 0.5) is 0 Å². The lowest BCUT2D eigenvalue weighted by atomic mass is 10.1. The van der Waals surface area contributed by atoms with Crippen molar-refractivity contribution in [1.29, 1.82) is 0 Å². The molecule has 1 N–H and O–H groups in total. The Balaban J connectivity index is 2.14. The van der Waals surface area contributed by atoms with E-state index in [1.807, 2.05) is 30.3 Å². The highest BCUT2D eigenvalue weighted by Crippen LogP contribution is 2.19. The lowest BCUT2D eigenvalue weighted by Crippen LogP contribution is -2.33. The summed E-state index contributed by atoms with van der Waals surface area (Å²) >= 11 is 5.25. The van der Waals surface area contributed by atoms with Gasteiger partial charge in [-0.1, -0.05) is 39.8 Å². The Bertz CT molecular complexity index is 623. The number of carbonyl (C=O) groups is 1. The fraction of sp³-hybridized carbons (Fsp3) is 0.444. The van der Waals surface area contributed by atoms with Gasteiger partial charge in [0.25, 0.3) is 5.91 Å². The van der Waals surface area contributed by atoms with Crippen molar-refractivity contribution >= 4 is 29.3 Å². The molecule has 1 aliphatic heterocycles. The Morgan fingerprint density at radius 2 is 2.00 bits per heavy atom. The molecule has 0 saturated carbocycles. The fourth-order valence-electron chi connectivity index (χ4n) is 2.23. The Morgan fingerprint density at radius 3 is 2.65 bits per heavy atom. The van der Waals surface area contributed by atoms with Crippen LogP contribution in [-0.2, 0) is 4.79 Å². The summed E-state index contributed by atoms with van der Waals surface area (Å²) in [6.07, 6.45) is 1.82. The van der Waals surface area contributed by atoms with Gasteiger partial charge >= 0.3 is 0 Å². The summed E-state index contributed by atoms with van der Waals surface area (Å²) in [6.45, 7) is 9.64. The second-order valence-electron chi connectivity index (χ2n) is 6.58. The van der Waals surface area contributed by atoms with Crippen LogP contribution >= 0.6 is 12.2 Å². The standard InChI is InChI=1S/C18H24N2O2S/c1-12(2)10-20-17(21)16(19-18(20)23)9-14-6-5-7-15(8-14)22-11-13(3)4/h5-9,12-13H,10-11H2,1-4H3,(H,19,23)/b16-9+. The number of amides is 1. The highest BCUT2D eigenvalue weighted by atomic mass is 32.1. The Kier molecular flexibility index (Phi) is 5.77. The van der Waals surface area contributed by atoms with Gasteiger partial charge in [-0.25, -0.2) is 0 Å². The Labute approximate surface area is 143 Å². The van der Waals surface area contributed by atoms with E-state index < -0.39 is 0 Å². The van der Waals surface area contributed by atoms with Gasteiger partial charge in [-0.15, -0.1) is 0 Å². The average Bonchev–Trinajstić information content (AvgIpc) is 2.73.